The minimum absolute atomic E-state index is 0.0468. The molecule has 4 rings (SSSR count). The Kier molecular flexibility index (Phi) is 6.18. The quantitative estimate of drug-likeness (QED) is 0.605. The number of carbonyl (C=O) groups is 1. The first-order valence-electron chi connectivity index (χ1n) is 10.6. The van der Waals surface area contributed by atoms with Crippen molar-refractivity contribution in [3.8, 4) is 6.07 Å². The van der Waals surface area contributed by atoms with Crippen molar-refractivity contribution < 1.29 is 4.79 Å². The van der Waals surface area contributed by atoms with Gasteiger partial charge in [0.25, 0.3) is 5.91 Å². The Bertz CT molecular complexity index is 1070. The van der Waals surface area contributed by atoms with Crippen LogP contribution in [0.2, 0.25) is 0 Å². The van der Waals surface area contributed by atoms with Gasteiger partial charge >= 0.3 is 0 Å². The van der Waals surface area contributed by atoms with Gasteiger partial charge in [-0.3, -0.25) is 4.79 Å². The van der Waals surface area contributed by atoms with Crippen molar-refractivity contribution in [2.24, 2.45) is 0 Å². The maximum atomic E-state index is 13.4. The maximum Gasteiger partial charge on any atom is 0.257 e. The van der Waals surface area contributed by atoms with Crippen LogP contribution in [-0.2, 0) is 6.42 Å². The summed E-state index contributed by atoms with van der Waals surface area (Å²) in [7, 11) is 1.98. The van der Waals surface area contributed by atoms with Crippen molar-refractivity contribution in [1.29, 1.82) is 5.26 Å². The van der Waals surface area contributed by atoms with Gasteiger partial charge in [-0.05, 0) is 41.8 Å². The SMILES string of the molecule is CN(CCC#N)c1ccc([C@H]2Nc3ccccc3C(=O)N2CCc2ccccc2)cc1. The number of carbonyl (C=O) groups excluding carboxylic acids is 1. The van der Waals surface area contributed by atoms with Gasteiger partial charge in [-0.2, -0.15) is 5.26 Å². The number of hydrogen-bond acceptors (Lipinski definition) is 4. The molecule has 3 aromatic carbocycles. The van der Waals surface area contributed by atoms with Crippen molar-refractivity contribution in [1.82, 2.24) is 4.90 Å². The molecule has 0 spiro atoms. The fourth-order valence-corrected chi connectivity index (χ4v) is 3.94. The molecule has 156 valence electrons. The van der Waals surface area contributed by atoms with Gasteiger partial charge in [0.15, 0.2) is 0 Å². The van der Waals surface area contributed by atoms with Crippen LogP contribution in [0, 0.1) is 11.3 Å². The second-order valence-corrected chi connectivity index (χ2v) is 7.75. The number of amides is 1. The summed E-state index contributed by atoms with van der Waals surface area (Å²) in [6, 6.07) is 28.3. The lowest BCUT2D eigenvalue weighted by Gasteiger charge is -2.38. The third kappa shape index (κ3) is 4.54. The van der Waals surface area contributed by atoms with E-state index < -0.39 is 0 Å². The van der Waals surface area contributed by atoms with E-state index in [1.807, 2.05) is 54.4 Å². The Labute approximate surface area is 183 Å². The summed E-state index contributed by atoms with van der Waals surface area (Å²) in [6.07, 6.45) is 1.05. The third-order valence-electron chi connectivity index (χ3n) is 5.72. The number of hydrogen-bond donors (Lipinski definition) is 1. The molecule has 1 aliphatic heterocycles. The predicted octanol–water partition coefficient (Wildman–Crippen LogP) is 4.85. The minimum atomic E-state index is -0.232. The number of fused-ring (bicyclic) bond motifs is 1. The van der Waals surface area contributed by atoms with Crippen molar-refractivity contribution in [3.05, 3.63) is 95.6 Å². The topological polar surface area (TPSA) is 59.4 Å². The zero-order valence-corrected chi connectivity index (χ0v) is 17.7. The number of rotatable bonds is 7. The second kappa shape index (κ2) is 9.36. The Morgan fingerprint density at radius 3 is 2.45 bits per heavy atom. The van der Waals surface area contributed by atoms with E-state index in [1.54, 1.807) is 0 Å². The number of anilines is 2. The van der Waals surface area contributed by atoms with Gasteiger partial charge in [-0.15, -0.1) is 0 Å². The van der Waals surface area contributed by atoms with Gasteiger partial charge in [0, 0.05) is 31.5 Å². The summed E-state index contributed by atoms with van der Waals surface area (Å²) in [5.74, 6) is 0.0468. The first-order valence-corrected chi connectivity index (χ1v) is 10.6. The molecule has 0 radical (unpaired) electrons. The molecular formula is C26H26N4O. The Morgan fingerprint density at radius 1 is 1.00 bits per heavy atom. The third-order valence-corrected chi connectivity index (χ3v) is 5.72. The van der Waals surface area contributed by atoms with Crippen LogP contribution in [0.4, 0.5) is 11.4 Å². The van der Waals surface area contributed by atoms with Crippen LogP contribution in [0.5, 0.6) is 0 Å². The lowest BCUT2D eigenvalue weighted by atomic mass is 10.0. The smallest absolute Gasteiger partial charge is 0.257 e. The van der Waals surface area contributed by atoms with Crippen LogP contribution in [-0.4, -0.2) is 30.9 Å². The van der Waals surface area contributed by atoms with Crippen molar-refractivity contribution in [2.45, 2.75) is 19.0 Å². The lowest BCUT2D eigenvalue weighted by molar-refractivity contribution is 0.0685. The molecule has 1 atom stereocenters. The number of para-hydroxylation sites is 1. The summed E-state index contributed by atoms with van der Waals surface area (Å²) in [4.78, 5) is 17.3. The van der Waals surface area contributed by atoms with Crippen LogP contribution in [0.1, 0.15) is 34.1 Å². The van der Waals surface area contributed by atoms with Gasteiger partial charge in [0.1, 0.15) is 6.17 Å². The molecular weight excluding hydrogens is 384 g/mol. The van der Waals surface area contributed by atoms with Gasteiger partial charge in [-0.25, -0.2) is 0 Å². The normalized spacial score (nSPS) is 15.0. The maximum absolute atomic E-state index is 13.4. The van der Waals surface area contributed by atoms with E-state index in [4.69, 9.17) is 5.26 Å². The van der Waals surface area contributed by atoms with E-state index in [0.717, 1.165) is 23.4 Å². The van der Waals surface area contributed by atoms with Gasteiger partial charge < -0.3 is 15.1 Å². The van der Waals surface area contributed by atoms with E-state index >= 15 is 0 Å². The fourth-order valence-electron chi connectivity index (χ4n) is 3.94. The molecule has 3 aromatic rings. The van der Waals surface area contributed by atoms with E-state index in [9.17, 15) is 4.79 Å². The van der Waals surface area contributed by atoms with E-state index in [0.29, 0.717) is 25.1 Å². The highest BCUT2D eigenvalue weighted by molar-refractivity contribution is 6.01. The van der Waals surface area contributed by atoms with Crippen molar-refractivity contribution >= 4 is 17.3 Å². The van der Waals surface area contributed by atoms with Crippen molar-refractivity contribution in [3.63, 3.8) is 0 Å². The Balaban J connectivity index is 1.60. The van der Waals surface area contributed by atoms with Crippen LogP contribution in [0.15, 0.2) is 78.9 Å². The molecule has 0 saturated heterocycles. The average molecular weight is 411 g/mol. The fraction of sp³-hybridized carbons (Fsp3) is 0.231. The van der Waals surface area contributed by atoms with Gasteiger partial charge in [0.05, 0.1) is 18.1 Å². The highest BCUT2D eigenvalue weighted by Gasteiger charge is 2.32. The summed E-state index contributed by atoms with van der Waals surface area (Å²) >= 11 is 0. The predicted molar refractivity (Wildman–Crippen MR) is 124 cm³/mol. The van der Waals surface area contributed by atoms with Crippen molar-refractivity contribution in [2.75, 3.05) is 30.4 Å². The molecule has 0 fully saturated rings. The molecule has 0 saturated carbocycles. The summed E-state index contributed by atoms with van der Waals surface area (Å²) < 4.78 is 0. The molecule has 0 aromatic heterocycles. The number of nitrogens with one attached hydrogen (secondary N) is 1. The molecule has 1 aliphatic rings. The first-order chi connectivity index (χ1) is 15.2. The lowest BCUT2D eigenvalue weighted by Crippen LogP contribution is -2.44. The highest BCUT2D eigenvalue weighted by atomic mass is 16.2. The Morgan fingerprint density at radius 2 is 1.71 bits per heavy atom. The molecule has 5 nitrogen and oxygen atoms in total. The van der Waals surface area contributed by atoms with E-state index in [-0.39, 0.29) is 12.1 Å². The summed E-state index contributed by atoms with van der Waals surface area (Å²) in [6.45, 7) is 1.31. The van der Waals surface area contributed by atoms with Gasteiger partial charge in [0.2, 0.25) is 0 Å². The van der Waals surface area contributed by atoms with Crippen LogP contribution < -0.4 is 10.2 Å². The van der Waals surface area contributed by atoms with Crippen LogP contribution in [0.25, 0.3) is 0 Å². The molecule has 31 heavy (non-hydrogen) atoms. The second-order valence-electron chi connectivity index (χ2n) is 7.75. The Hall–Kier alpha value is -3.78. The monoisotopic (exact) mass is 410 g/mol. The highest BCUT2D eigenvalue weighted by Crippen LogP contribution is 2.33. The molecule has 0 bridgehead atoms. The standard InChI is InChI=1S/C26H26N4O/c1-29(18-7-17-27)22-14-12-21(13-15-22)25-28-24-11-6-5-10-23(24)26(31)30(25)19-16-20-8-3-2-4-9-20/h2-6,8-15,25,28H,7,16,18-19H2,1H3/t25-/m0/s1. The zero-order chi connectivity index (χ0) is 21.6. The largest absolute Gasteiger partial charge is 0.374 e. The van der Waals surface area contributed by atoms with Crippen LogP contribution >= 0.6 is 0 Å². The number of benzene rings is 3. The molecule has 5 heteroatoms. The molecule has 1 N–H and O–H groups in total. The molecule has 1 heterocycles. The number of nitrogens with zero attached hydrogens (tertiary/aromatic N) is 3. The van der Waals surface area contributed by atoms with E-state index in [2.05, 4.69) is 52.7 Å². The molecule has 1 amide bonds. The molecule has 0 unspecified atom stereocenters. The molecule has 0 aliphatic carbocycles. The van der Waals surface area contributed by atoms with E-state index in [1.165, 1.54) is 5.56 Å². The summed E-state index contributed by atoms with van der Waals surface area (Å²) in [5.41, 5.74) is 4.87. The minimum Gasteiger partial charge on any atom is -0.374 e. The zero-order valence-electron chi connectivity index (χ0n) is 17.7. The number of nitriles is 1. The van der Waals surface area contributed by atoms with Crippen LogP contribution in [0.3, 0.4) is 0 Å². The summed E-state index contributed by atoms with van der Waals surface area (Å²) in [5, 5.41) is 12.4. The first kappa shape index (κ1) is 20.5. The average Bonchev–Trinajstić information content (AvgIpc) is 2.82. The van der Waals surface area contributed by atoms with Gasteiger partial charge in [-0.1, -0.05) is 54.6 Å².